The molecule has 6 aromatic carbocycles. The molecular formula is C37H33N3O7P3+. The van der Waals surface area contributed by atoms with Crippen molar-refractivity contribution in [1.82, 2.24) is 9.21 Å². The van der Waals surface area contributed by atoms with Crippen molar-refractivity contribution in [2.75, 3.05) is 6.35 Å². The zero-order valence-electron chi connectivity index (χ0n) is 26.6. The van der Waals surface area contributed by atoms with Crippen LogP contribution < -0.4 is 27.8 Å². The van der Waals surface area contributed by atoms with E-state index in [-0.39, 0.29) is 0 Å². The molecule has 0 radical (unpaired) electrons. The van der Waals surface area contributed by atoms with E-state index < -0.39 is 30.2 Å². The van der Waals surface area contributed by atoms with Gasteiger partial charge in [0.2, 0.25) is 6.35 Å². The number of aliphatic hydroxyl groups is 1. The molecule has 50 heavy (non-hydrogen) atoms. The van der Waals surface area contributed by atoms with Gasteiger partial charge in [0.1, 0.15) is 21.9 Å². The number of benzene rings is 6. The van der Waals surface area contributed by atoms with E-state index >= 15 is 0 Å². The maximum Gasteiger partial charge on any atom is 0.478 e. The molecule has 7 rings (SSSR count). The largest absolute Gasteiger partial charge is 0.478 e. The van der Waals surface area contributed by atoms with Gasteiger partial charge in [0, 0.05) is 0 Å². The van der Waals surface area contributed by atoms with Gasteiger partial charge in [0.25, 0.3) is 0 Å². The summed E-state index contributed by atoms with van der Waals surface area (Å²) in [6.45, 7) is 0. The standard InChI is InChI=1S/C37H33N3O7P3/c41-31-49(45-35-25-13-4-14-26-35)39(42-32-19-7-1-8-20-32)48(44-34-23-11-3-12-24-34)38-50(46-36-27-15-5-16-28-36,47-37-29-17-6-18-30-37)40(49)43-33-21-9-2-10-22-33/h1-30,41H,31H2/q+1. The highest BCUT2D eigenvalue weighted by Gasteiger charge is 2.75. The summed E-state index contributed by atoms with van der Waals surface area (Å²) in [7, 11) is -10.0. The van der Waals surface area contributed by atoms with Gasteiger partial charge >= 0.3 is 23.9 Å². The predicted octanol–water partition coefficient (Wildman–Crippen LogP) is 10.8. The van der Waals surface area contributed by atoms with E-state index in [4.69, 9.17) is 32.3 Å². The summed E-state index contributed by atoms with van der Waals surface area (Å²) in [4.78, 5) is 13.5. The maximum atomic E-state index is 11.8. The van der Waals surface area contributed by atoms with Crippen LogP contribution in [0.3, 0.4) is 0 Å². The topological polar surface area (TPSA) is 94.5 Å². The maximum absolute atomic E-state index is 11.8. The number of rotatable bonds is 13. The van der Waals surface area contributed by atoms with E-state index in [1.807, 2.05) is 121 Å². The highest BCUT2D eigenvalue weighted by Crippen LogP contribution is 2.85. The van der Waals surface area contributed by atoms with Crippen molar-refractivity contribution >= 4 is 23.9 Å². The van der Waals surface area contributed by atoms with Crippen molar-refractivity contribution in [3.8, 4) is 34.5 Å². The molecule has 2 unspecified atom stereocenters. The molecule has 10 nitrogen and oxygen atoms in total. The lowest BCUT2D eigenvalue weighted by Crippen LogP contribution is -2.44. The smallest absolute Gasteiger partial charge is 0.435 e. The highest BCUT2D eigenvalue weighted by atomic mass is 31.3. The van der Waals surface area contributed by atoms with Gasteiger partial charge in [-0.1, -0.05) is 109 Å². The molecule has 0 bridgehead atoms. The molecule has 1 aliphatic rings. The first-order valence-corrected chi connectivity index (χ1v) is 20.1. The molecule has 2 atom stereocenters. The minimum absolute atomic E-state index is 0.421. The van der Waals surface area contributed by atoms with Gasteiger partial charge in [-0.25, -0.2) is 0 Å². The Hall–Kier alpha value is -4.91. The number of hydrogen-bond acceptors (Lipinski definition) is 10. The summed E-state index contributed by atoms with van der Waals surface area (Å²) in [5, 5.41) is 11.8. The molecule has 1 aliphatic heterocycles. The van der Waals surface area contributed by atoms with Crippen LogP contribution in [0.2, 0.25) is 0 Å². The molecule has 0 saturated carbocycles. The van der Waals surface area contributed by atoms with Gasteiger partial charge in [0.05, 0.1) is 0 Å². The van der Waals surface area contributed by atoms with Gasteiger partial charge in [0.15, 0.2) is 21.9 Å². The Morgan fingerprint density at radius 2 is 0.880 bits per heavy atom. The van der Waals surface area contributed by atoms with E-state index in [1.54, 1.807) is 60.7 Å². The molecule has 252 valence electrons. The Labute approximate surface area is 292 Å². The predicted molar refractivity (Wildman–Crippen MR) is 196 cm³/mol. The molecule has 13 heteroatoms. The third-order valence-electron chi connectivity index (χ3n) is 6.99. The summed E-state index contributed by atoms with van der Waals surface area (Å²) in [5.74, 6) is 2.72. The van der Waals surface area contributed by atoms with Crippen LogP contribution in [0.1, 0.15) is 0 Å². The summed E-state index contributed by atoms with van der Waals surface area (Å²) in [5.41, 5.74) is 0. The molecule has 6 aromatic rings. The van der Waals surface area contributed by atoms with Crippen LogP contribution in [0.25, 0.3) is 0 Å². The van der Waals surface area contributed by atoms with E-state index in [0.717, 1.165) is 0 Å². The fourth-order valence-corrected chi connectivity index (χ4v) is 14.2. The summed E-state index contributed by atoms with van der Waals surface area (Å²) in [6.07, 6.45) is -0.619. The van der Waals surface area contributed by atoms with Crippen molar-refractivity contribution in [1.29, 1.82) is 0 Å². The summed E-state index contributed by atoms with van der Waals surface area (Å²) < 4.78 is 35.7. The zero-order chi connectivity index (χ0) is 34.1. The first-order chi connectivity index (χ1) is 24.7. The Kier molecular flexibility index (Phi) is 10.6. The lowest BCUT2D eigenvalue weighted by atomic mass is 10.3. The Balaban J connectivity index is 1.52. The molecule has 0 aromatic heterocycles. The molecule has 0 amide bonds. The number of aliphatic hydroxyl groups excluding tert-OH is 1. The van der Waals surface area contributed by atoms with E-state index in [2.05, 4.69) is 0 Å². The van der Waals surface area contributed by atoms with Crippen LogP contribution in [0.15, 0.2) is 187 Å². The quantitative estimate of drug-likeness (QED) is 0.117. The number of para-hydroxylation sites is 6. The van der Waals surface area contributed by atoms with Crippen molar-refractivity contribution in [2.45, 2.75) is 0 Å². The lowest BCUT2D eigenvalue weighted by molar-refractivity contribution is 0.0380. The SMILES string of the molecule is OC[P+]1(Oc2ccccc2)N(Oc2ccccc2)P(Oc2ccccc2)N=P(Oc2ccccc2)(Oc2ccccc2)N1Oc1ccccc1. The monoisotopic (exact) mass is 724 g/mol. The van der Waals surface area contributed by atoms with Gasteiger partial charge in [-0.05, 0) is 72.8 Å². The molecule has 1 heterocycles. The van der Waals surface area contributed by atoms with Crippen molar-refractivity contribution in [3.05, 3.63) is 182 Å². The third kappa shape index (κ3) is 7.62. The third-order valence-corrected chi connectivity index (χ3v) is 15.6. The van der Waals surface area contributed by atoms with Crippen LogP contribution >= 0.6 is 23.9 Å². The second-order valence-corrected chi connectivity index (χ2v) is 17.2. The molecule has 0 spiro atoms. The minimum atomic E-state index is -3.94. The fourth-order valence-electron chi connectivity index (χ4n) is 4.74. The van der Waals surface area contributed by atoms with E-state index in [9.17, 15) is 5.11 Å². The van der Waals surface area contributed by atoms with Gasteiger partial charge in [-0.2, -0.15) is 0 Å². The van der Waals surface area contributed by atoms with Crippen LogP contribution in [-0.4, -0.2) is 20.7 Å². The Morgan fingerprint density at radius 3 is 1.32 bits per heavy atom. The van der Waals surface area contributed by atoms with Gasteiger partial charge in [-0.3, -0.25) is 0 Å². The first kappa shape index (κ1) is 33.6. The molecule has 0 aliphatic carbocycles. The van der Waals surface area contributed by atoms with Gasteiger partial charge in [-0.15, -0.1) is 4.52 Å². The van der Waals surface area contributed by atoms with Crippen molar-refractivity contribution < 1.29 is 32.9 Å². The molecule has 0 fully saturated rings. The van der Waals surface area contributed by atoms with Crippen LogP contribution in [-0.2, 0) is 0 Å². The lowest BCUT2D eigenvalue weighted by Gasteiger charge is -2.43. The van der Waals surface area contributed by atoms with Crippen LogP contribution in [0, 0.1) is 0 Å². The van der Waals surface area contributed by atoms with E-state index in [1.165, 1.54) is 9.21 Å². The molecule has 1 N–H and O–H groups in total. The fraction of sp³-hybridized carbons (Fsp3) is 0.0270. The average Bonchev–Trinajstić information content (AvgIpc) is 3.17. The van der Waals surface area contributed by atoms with Crippen LogP contribution in [0.5, 0.6) is 34.5 Å². The van der Waals surface area contributed by atoms with Crippen molar-refractivity contribution in [3.63, 3.8) is 0 Å². The Morgan fingerprint density at radius 1 is 0.500 bits per heavy atom. The second kappa shape index (κ2) is 15.8. The average molecular weight is 725 g/mol. The van der Waals surface area contributed by atoms with E-state index in [0.29, 0.717) is 34.5 Å². The van der Waals surface area contributed by atoms with Crippen LogP contribution in [0.4, 0.5) is 0 Å². The molecule has 0 saturated heterocycles. The highest BCUT2D eigenvalue weighted by molar-refractivity contribution is 7.85. The second-order valence-electron chi connectivity index (χ2n) is 10.6. The Bertz CT molecular complexity index is 1940. The zero-order valence-corrected chi connectivity index (χ0v) is 29.3. The van der Waals surface area contributed by atoms with Crippen molar-refractivity contribution in [2.24, 2.45) is 4.52 Å². The number of hydrogen-bond donors (Lipinski definition) is 1. The normalized spacial score (nSPS) is 18.6. The summed E-state index contributed by atoms with van der Waals surface area (Å²) in [6, 6.07) is 55.1. The molecular weight excluding hydrogens is 691 g/mol. The summed E-state index contributed by atoms with van der Waals surface area (Å²) >= 11 is 0. The van der Waals surface area contributed by atoms with Gasteiger partial charge < -0.3 is 32.9 Å². The minimum Gasteiger partial charge on any atom is -0.435 e. The first-order valence-electron chi connectivity index (χ1n) is 15.6. The number of nitrogens with zero attached hydrogens (tertiary/aromatic N) is 3.